The summed E-state index contributed by atoms with van der Waals surface area (Å²) in [5.41, 5.74) is 2.76. The van der Waals surface area contributed by atoms with E-state index in [4.69, 9.17) is 18.8 Å². The molecular weight excluding hydrogens is 402 g/mol. The van der Waals surface area contributed by atoms with Gasteiger partial charge >= 0.3 is 10.3 Å². The highest BCUT2D eigenvalue weighted by atomic mass is 32.2. The third kappa shape index (κ3) is 3.73. The van der Waals surface area contributed by atoms with E-state index in [0.717, 1.165) is 31.4 Å². The van der Waals surface area contributed by atoms with E-state index in [0.29, 0.717) is 35.0 Å². The lowest BCUT2D eigenvalue weighted by Crippen LogP contribution is -2.53. The van der Waals surface area contributed by atoms with Gasteiger partial charge in [-0.25, -0.2) is 0 Å². The molecule has 0 spiro atoms. The summed E-state index contributed by atoms with van der Waals surface area (Å²) in [7, 11) is -2.56. The molecule has 0 aliphatic heterocycles. The van der Waals surface area contributed by atoms with Crippen molar-refractivity contribution in [2.24, 2.45) is 22.4 Å². The summed E-state index contributed by atoms with van der Waals surface area (Å²) >= 11 is 0. The number of fused-ring (bicyclic) bond motifs is 5. The van der Waals surface area contributed by atoms with Crippen LogP contribution in [0.5, 0.6) is 11.5 Å². The van der Waals surface area contributed by atoms with Crippen LogP contribution in [0, 0.1) is 17.3 Å². The summed E-state index contributed by atoms with van der Waals surface area (Å²) in [5.74, 6) is 2.43. The Hall–Kier alpha value is -1.31. The van der Waals surface area contributed by atoms with E-state index in [-0.39, 0.29) is 5.75 Å². The maximum Gasteiger partial charge on any atom is 0.380 e. The van der Waals surface area contributed by atoms with Crippen molar-refractivity contribution in [1.29, 1.82) is 0 Å². The SMILES string of the molecule is CCO[C@H]1CCCC2C3CCc4cc(OS(N)(=O)=O)c(OC)cc4C3CC[C@@]21CC. The summed E-state index contributed by atoms with van der Waals surface area (Å²) in [4.78, 5) is 0. The zero-order chi connectivity index (χ0) is 21.5. The summed E-state index contributed by atoms with van der Waals surface area (Å²) in [6.07, 6.45) is 9.68. The van der Waals surface area contributed by atoms with Gasteiger partial charge in [0.2, 0.25) is 0 Å². The highest BCUT2D eigenvalue weighted by molar-refractivity contribution is 7.84. The van der Waals surface area contributed by atoms with Crippen LogP contribution in [0.4, 0.5) is 0 Å². The first-order valence-corrected chi connectivity index (χ1v) is 12.8. The molecular formula is C23H35NO5S. The highest BCUT2D eigenvalue weighted by Crippen LogP contribution is 2.62. The Morgan fingerprint density at radius 3 is 2.60 bits per heavy atom. The Bertz CT molecular complexity index is 884. The normalized spacial score (nSPS) is 33.2. The molecule has 0 radical (unpaired) electrons. The van der Waals surface area contributed by atoms with Crippen molar-refractivity contribution in [3.05, 3.63) is 23.3 Å². The number of benzene rings is 1. The fourth-order valence-corrected chi connectivity index (χ4v) is 7.38. The number of ether oxygens (including phenoxy) is 2. The number of methoxy groups -OCH3 is 1. The van der Waals surface area contributed by atoms with Crippen molar-refractivity contribution < 1.29 is 22.1 Å². The number of rotatable bonds is 6. The minimum Gasteiger partial charge on any atom is -0.493 e. The Labute approximate surface area is 180 Å². The first-order valence-electron chi connectivity index (χ1n) is 11.4. The summed E-state index contributed by atoms with van der Waals surface area (Å²) in [5, 5.41) is 5.10. The molecule has 30 heavy (non-hydrogen) atoms. The zero-order valence-electron chi connectivity index (χ0n) is 18.4. The number of hydrogen-bond acceptors (Lipinski definition) is 5. The van der Waals surface area contributed by atoms with Gasteiger partial charge in [-0.15, -0.1) is 0 Å². The molecule has 0 saturated heterocycles. The molecule has 0 aromatic heterocycles. The van der Waals surface area contributed by atoms with Crippen LogP contribution in [0.15, 0.2) is 12.1 Å². The Balaban J connectivity index is 1.68. The summed E-state index contributed by atoms with van der Waals surface area (Å²) in [6.45, 7) is 5.25. The largest absolute Gasteiger partial charge is 0.493 e. The second-order valence-electron chi connectivity index (χ2n) is 9.19. The van der Waals surface area contributed by atoms with Crippen molar-refractivity contribution in [1.82, 2.24) is 0 Å². The quantitative estimate of drug-likeness (QED) is 0.716. The van der Waals surface area contributed by atoms with Crippen LogP contribution in [0.2, 0.25) is 0 Å². The van der Waals surface area contributed by atoms with Gasteiger partial charge in [0.05, 0.1) is 13.2 Å². The van der Waals surface area contributed by atoms with Crippen LogP contribution in [0.25, 0.3) is 0 Å². The van der Waals surface area contributed by atoms with E-state index < -0.39 is 10.3 Å². The minimum atomic E-state index is -4.09. The van der Waals surface area contributed by atoms with Crippen LogP contribution in [-0.2, 0) is 21.5 Å². The molecule has 1 aromatic rings. The first-order chi connectivity index (χ1) is 14.3. The zero-order valence-corrected chi connectivity index (χ0v) is 19.2. The molecule has 7 heteroatoms. The van der Waals surface area contributed by atoms with Crippen molar-refractivity contribution in [2.45, 2.75) is 77.2 Å². The molecule has 3 aliphatic rings. The third-order valence-corrected chi connectivity index (χ3v) is 8.53. The first kappa shape index (κ1) is 21.9. The van der Waals surface area contributed by atoms with Gasteiger partial charge in [0, 0.05) is 6.61 Å². The Morgan fingerprint density at radius 2 is 1.93 bits per heavy atom. The van der Waals surface area contributed by atoms with Crippen LogP contribution >= 0.6 is 0 Å². The molecule has 168 valence electrons. The summed E-state index contributed by atoms with van der Waals surface area (Å²) in [6, 6.07) is 3.81. The van der Waals surface area contributed by atoms with Gasteiger partial charge in [0.1, 0.15) is 0 Å². The Kier molecular flexibility index (Phi) is 6.08. The van der Waals surface area contributed by atoms with Gasteiger partial charge in [-0.05, 0) is 98.3 Å². The van der Waals surface area contributed by atoms with E-state index in [1.165, 1.54) is 44.8 Å². The molecule has 3 aliphatic carbocycles. The van der Waals surface area contributed by atoms with Gasteiger partial charge in [0.15, 0.2) is 11.5 Å². The molecule has 2 fully saturated rings. The van der Waals surface area contributed by atoms with Crippen molar-refractivity contribution in [2.75, 3.05) is 13.7 Å². The van der Waals surface area contributed by atoms with E-state index in [1.807, 2.05) is 12.1 Å². The van der Waals surface area contributed by atoms with Crippen LogP contribution in [-0.4, -0.2) is 28.2 Å². The van der Waals surface area contributed by atoms with E-state index in [1.54, 1.807) is 0 Å². The van der Waals surface area contributed by atoms with Gasteiger partial charge in [-0.1, -0.05) is 13.3 Å². The number of nitrogens with two attached hydrogens (primary N) is 1. The van der Waals surface area contributed by atoms with Gasteiger partial charge in [-0.3, -0.25) is 0 Å². The maximum absolute atomic E-state index is 11.5. The lowest BCUT2D eigenvalue weighted by molar-refractivity contribution is -0.138. The fourth-order valence-electron chi connectivity index (χ4n) is 7.00. The molecule has 0 bridgehead atoms. The molecule has 4 rings (SSSR count). The van der Waals surface area contributed by atoms with Crippen molar-refractivity contribution >= 4 is 10.3 Å². The van der Waals surface area contributed by atoms with Crippen LogP contribution < -0.4 is 14.1 Å². The minimum absolute atomic E-state index is 0.185. The molecule has 2 saturated carbocycles. The monoisotopic (exact) mass is 437 g/mol. The van der Waals surface area contributed by atoms with Gasteiger partial charge in [0.25, 0.3) is 0 Å². The molecule has 0 heterocycles. The van der Waals surface area contributed by atoms with Crippen molar-refractivity contribution in [3.63, 3.8) is 0 Å². The average Bonchev–Trinajstić information content (AvgIpc) is 2.72. The lowest BCUT2D eigenvalue weighted by atomic mass is 9.48. The molecule has 3 unspecified atom stereocenters. The van der Waals surface area contributed by atoms with Crippen molar-refractivity contribution in [3.8, 4) is 11.5 Å². The molecule has 0 amide bonds. The van der Waals surface area contributed by atoms with Crippen LogP contribution in [0.1, 0.15) is 75.8 Å². The van der Waals surface area contributed by atoms with Gasteiger partial charge in [-0.2, -0.15) is 13.6 Å². The number of hydrogen-bond donors (Lipinski definition) is 1. The second-order valence-corrected chi connectivity index (χ2v) is 10.3. The average molecular weight is 438 g/mol. The maximum atomic E-state index is 11.5. The highest BCUT2D eigenvalue weighted by Gasteiger charge is 2.54. The predicted molar refractivity (Wildman–Crippen MR) is 116 cm³/mol. The second kappa shape index (κ2) is 8.32. The molecule has 1 aromatic carbocycles. The topological polar surface area (TPSA) is 87.9 Å². The lowest BCUT2D eigenvalue weighted by Gasteiger charge is -2.58. The number of aryl methyl sites for hydroxylation is 1. The molecule has 5 atom stereocenters. The smallest absolute Gasteiger partial charge is 0.380 e. The van der Waals surface area contributed by atoms with Crippen LogP contribution in [0.3, 0.4) is 0 Å². The van der Waals surface area contributed by atoms with E-state index in [2.05, 4.69) is 13.8 Å². The molecule has 2 N–H and O–H groups in total. The molecule has 6 nitrogen and oxygen atoms in total. The van der Waals surface area contributed by atoms with E-state index >= 15 is 0 Å². The standard InChI is InChI=1S/C23H35NO5S/c1-4-23-12-11-16-17(19(23)7-6-8-22(23)28-5-2)10-9-15-13-21(29-30(24,25)26)20(27-3)14-18(15)16/h13-14,16-17,19,22H,4-12H2,1-3H3,(H2,24,25,26)/t16?,17?,19?,22-,23-/m0/s1. The Morgan fingerprint density at radius 1 is 1.13 bits per heavy atom. The van der Waals surface area contributed by atoms with Gasteiger partial charge < -0.3 is 13.7 Å². The summed E-state index contributed by atoms with van der Waals surface area (Å²) < 4.78 is 39.7. The third-order valence-electron chi connectivity index (χ3n) is 8.12. The fraction of sp³-hybridized carbons (Fsp3) is 0.739. The predicted octanol–water partition coefficient (Wildman–Crippen LogP) is 4.32. The van der Waals surface area contributed by atoms with E-state index in [9.17, 15) is 8.42 Å².